The lowest BCUT2D eigenvalue weighted by Gasteiger charge is -2.28. The molecular formula is C25H29N5O. The van der Waals surface area contributed by atoms with Crippen LogP contribution in [0.1, 0.15) is 53.3 Å². The molecule has 0 amide bonds. The Morgan fingerprint density at radius 1 is 1.10 bits per heavy atom. The molecule has 1 aromatic carbocycles. The molecule has 6 heteroatoms. The van der Waals surface area contributed by atoms with Crippen molar-refractivity contribution in [3.63, 3.8) is 0 Å². The van der Waals surface area contributed by atoms with Gasteiger partial charge in [0.2, 0.25) is 0 Å². The normalized spacial score (nSPS) is 16.8. The average Bonchev–Trinajstić information content (AvgIpc) is 3.06. The lowest BCUT2D eigenvalue weighted by molar-refractivity contribution is 0.242. The molecule has 0 radical (unpaired) electrons. The fraction of sp³-hybridized carbons (Fsp3) is 0.400. The highest BCUT2D eigenvalue weighted by Crippen LogP contribution is 2.26. The zero-order valence-electron chi connectivity index (χ0n) is 18.3. The summed E-state index contributed by atoms with van der Waals surface area (Å²) in [5.41, 5.74) is 8.20. The third kappa shape index (κ3) is 4.00. The third-order valence-corrected chi connectivity index (χ3v) is 6.41. The van der Waals surface area contributed by atoms with Gasteiger partial charge in [0.1, 0.15) is 5.75 Å². The Hall–Kier alpha value is -2.99. The molecule has 2 aliphatic heterocycles. The number of phenolic OH excluding ortho intramolecular Hbond substituents is 1. The predicted octanol–water partition coefficient (Wildman–Crippen LogP) is 4.12. The topological polar surface area (TPSA) is 66.5 Å². The Morgan fingerprint density at radius 3 is 2.81 bits per heavy atom. The molecule has 160 valence electrons. The highest BCUT2D eigenvalue weighted by atomic mass is 16.3. The minimum atomic E-state index is 0.290. The molecule has 0 saturated carbocycles. The van der Waals surface area contributed by atoms with Gasteiger partial charge in [-0.3, -0.25) is 9.89 Å². The van der Waals surface area contributed by atoms with Gasteiger partial charge >= 0.3 is 0 Å². The number of aromatic nitrogens is 3. The molecule has 6 nitrogen and oxygen atoms in total. The molecule has 3 aromatic rings. The van der Waals surface area contributed by atoms with Crippen LogP contribution in [-0.4, -0.2) is 43.3 Å². The summed E-state index contributed by atoms with van der Waals surface area (Å²) in [6.45, 7) is 7.94. The molecule has 31 heavy (non-hydrogen) atoms. The summed E-state index contributed by atoms with van der Waals surface area (Å²) < 4.78 is 2.22. The van der Waals surface area contributed by atoms with Crippen molar-refractivity contribution in [3.05, 3.63) is 70.6 Å². The van der Waals surface area contributed by atoms with E-state index in [9.17, 15) is 5.11 Å². The summed E-state index contributed by atoms with van der Waals surface area (Å²) in [6.07, 6.45) is 6.32. The van der Waals surface area contributed by atoms with Crippen LogP contribution in [-0.2, 0) is 19.5 Å². The summed E-state index contributed by atoms with van der Waals surface area (Å²) in [5.74, 6) is 1.12. The maximum atomic E-state index is 9.88. The van der Waals surface area contributed by atoms with Crippen molar-refractivity contribution < 1.29 is 5.11 Å². The van der Waals surface area contributed by atoms with Gasteiger partial charge in [0, 0.05) is 67.5 Å². The Morgan fingerprint density at radius 2 is 2.00 bits per heavy atom. The van der Waals surface area contributed by atoms with Gasteiger partial charge in [-0.1, -0.05) is 6.07 Å². The van der Waals surface area contributed by atoms with E-state index in [0.29, 0.717) is 0 Å². The Bertz CT molecular complexity index is 1150. The van der Waals surface area contributed by atoms with Crippen LogP contribution < -0.4 is 0 Å². The number of hydrogen-bond acceptors (Lipinski definition) is 5. The van der Waals surface area contributed by atoms with Crippen molar-refractivity contribution in [2.45, 2.75) is 52.6 Å². The van der Waals surface area contributed by atoms with Crippen LogP contribution in [0.25, 0.3) is 5.69 Å². The summed E-state index contributed by atoms with van der Waals surface area (Å²) in [4.78, 5) is 16.6. The largest absolute Gasteiger partial charge is 0.508 e. The second-order valence-corrected chi connectivity index (χ2v) is 8.66. The number of rotatable bonds is 4. The van der Waals surface area contributed by atoms with Crippen molar-refractivity contribution in [3.8, 4) is 11.4 Å². The highest BCUT2D eigenvalue weighted by molar-refractivity contribution is 5.97. The first-order valence-electron chi connectivity index (χ1n) is 11.2. The summed E-state index contributed by atoms with van der Waals surface area (Å²) in [5, 5.41) is 9.88. The Kier molecular flexibility index (Phi) is 5.32. The van der Waals surface area contributed by atoms with Gasteiger partial charge < -0.3 is 9.67 Å². The first-order chi connectivity index (χ1) is 15.1. The Labute approximate surface area is 183 Å². The van der Waals surface area contributed by atoms with E-state index >= 15 is 0 Å². The van der Waals surface area contributed by atoms with E-state index in [1.165, 1.54) is 41.1 Å². The molecule has 0 unspecified atom stereocenters. The summed E-state index contributed by atoms with van der Waals surface area (Å²) in [7, 11) is 0. The first-order valence-corrected chi connectivity index (χ1v) is 11.2. The minimum absolute atomic E-state index is 0.290. The average molecular weight is 416 g/mol. The molecule has 0 spiro atoms. The number of aliphatic imine (C=N–C) groups is 1. The fourth-order valence-electron chi connectivity index (χ4n) is 4.79. The molecule has 0 saturated heterocycles. The standard InChI is InChI=1S/C25H29N5O/c1-17-12-19(18(2)30(17)21-6-5-7-22(31)13-21)15-29-11-9-23-20(16-29)14-27-25(28-23)24-8-3-4-10-26-24/h5-7,12-14,31H,3-4,8-11,15-16H2,1-2H3. The van der Waals surface area contributed by atoms with E-state index in [2.05, 4.69) is 39.4 Å². The number of phenols is 1. The molecule has 2 aromatic heterocycles. The maximum absolute atomic E-state index is 9.88. The van der Waals surface area contributed by atoms with Crippen LogP contribution in [0.4, 0.5) is 0 Å². The predicted molar refractivity (Wildman–Crippen MR) is 122 cm³/mol. The number of benzene rings is 1. The lowest BCUT2D eigenvalue weighted by atomic mass is 10.0. The number of aryl methyl sites for hydroxylation is 1. The van der Waals surface area contributed by atoms with Crippen molar-refractivity contribution in [1.82, 2.24) is 19.4 Å². The second-order valence-electron chi connectivity index (χ2n) is 8.66. The number of fused-ring (bicyclic) bond motifs is 1. The van der Waals surface area contributed by atoms with Crippen molar-refractivity contribution >= 4 is 5.71 Å². The van der Waals surface area contributed by atoms with Crippen LogP contribution in [0.15, 0.2) is 41.5 Å². The fourth-order valence-corrected chi connectivity index (χ4v) is 4.79. The summed E-state index contributed by atoms with van der Waals surface area (Å²) in [6, 6.07) is 9.70. The molecule has 0 aliphatic carbocycles. The van der Waals surface area contributed by atoms with Crippen LogP contribution in [0, 0.1) is 13.8 Å². The van der Waals surface area contributed by atoms with Gasteiger partial charge in [0.15, 0.2) is 5.82 Å². The number of hydrogen-bond donors (Lipinski definition) is 1. The molecule has 5 rings (SSSR count). The van der Waals surface area contributed by atoms with E-state index in [1.54, 1.807) is 6.07 Å². The van der Waals surface area contributed by atoms with Crippen molar-refractivity contribution in [2.24, 2.45) is 4.99 Å². The van der Waals surface area contributed by atoms with E-state index in [0.717, 1.165) is 56.2 Å². The zero-order chi connectivity index (χ0) is 21.4. The van der Waals surface area contributed by atoms with Crippen molar-refractivity contribution in [1.29, 1.82) is 0 Å². The van der Waals surface area contributed by atoms with Crippen LogP contribution >= 0.6 is 0 Å². The SMILES string of the molecule is Cc1cc(CN2CCc3nc(C4=NCCCC4)ncc3C2)c(C)n1-c1cccc(O)c1. The van der Waals surface area contributed by atoms with Crippen LogP contribution in [0.5, 0.6) is 5.75 Å². The third-order valence-electron chi connectivity index (χ3n) is 6.41. The van der Waals surface area contributed by atoms with Gasteiger partial charge in [-0.05, 0) is 56.9 Å². The smallest absolute Gasteiger partial charge is 0.173 e. The second kappa shape index (κ2) is 8.27. The van der Waals surface area contributed by atoms with Gasteiger partial charge in [0.05, 0.1) is 11.4 Å². The molecular weight excluding hydrogens is 386 g/mol. The van der Waals surface area contributed by atoms with E-state index in [-0.39, 0.29) is 5.75 Å². The van der Waals surface area contributed by atoms with Gasteiger partial charge in [-0.25, -0.2) is 9.97 Å². The summed E-state index contributed by atoms with van der Waals surface area (Å²) >= 11 is 0. The monoisotopic (exact) mass is 415 g/mol. The first kappa shape index (κ1) is 19.9. The van der Waals surface area contributed by atoms with Crippen LogP contribution in [0.2, 0.25) is 0 Å². The van der Waals surface area contributed by atoms with Gasteiger partial charge in [-0.2, -0.15) is 0 Å². The molecule has 0 fully saturated rings. The Balaban J connectivity index is 1.34. The zero-order valence-corrected chi connectivity index (χ0v) is 18.3. The lowest BCUT2D eigenvalue weighted by Crippen LogP contribution is -2.31. The van der Waals surface area contributed by atoms with E-state index in [4.69, 9.17) is 4.98 Å². The maximum Gasteiger partial charge on any atom is 0.173 e. The minimum Gasteiger partial charge on any atom is -0.508 e. The molecule has 1 N–H and O–H groups in total. The van der Waals surface area contributed by atoms with Crippen LogP contribution in [0.3, 0.4) is 0 Å². The quantitative estimate of drug-likeness (QED) is 0.696. The molecule has 4 heterocycles. The number of nitrogens with zero attached hydrogens (tertiary/aromatic N) is 5. The molecule has 0 bridgehead atoms. The van der Waals surface area contributed by atoms with E-state index < -0.39 is 0 Å². The van der Waals surface area contributed by atoms with Gasteiger partial charge in [0.25, 0.3) is 0 Å². The highest BCUT2D eigenvalue weighted by Gasteiger charge is 2.22. The van der Waals surface area contributed by atoms with E-state index in [1.807, 2.05) is 24.4 Å². The number of aromatic hydroxyl groups is 1. The molecule has 0 atom stereocenters. The van der Waals surface area contributed by atoms with Gasteiger partial charge in [-0.15, -0.1) is 0 Å². The molecule has 2 aliphatic rings. The van der Waals surface area contributed by atoms with Crippen molar-refractivity contribution in [2.75, 3.05) is 13.1 Å².